The van der Waals surface area contributed by atoms with Gasteiger partial charge in [-0.2, -0.15) is 0 Å². The van der Waals surface area contributed by atoms with E-state index in [-0.39, 0.29) is 0 Å². The summed E-state index contributed by atoms with van der Waals surface area (Å²) in [4.78, 5) is 3.30. The van der Waals surface area contributed by atoms with E-state index in [9.17, 15) is 0 Å². The van der Waals surface area contributed by atoms with Gasteiger partial charge >= 0.3 is 0 Å². The summed E-state index contributed by atoms with van der Waals surface area (Å²) in [7, 11) is 0. The van der Waals surface area contributed by atoms with Gasteiger partial charge in [-0.25, -0.2) is 0 Å². The Bertz CT molecular complexity index is 323. The van der Waals surface area contributed by atoms with Crippen molar-refractivity contribution in [2.24, 2.45) is 0 Å². The fourth-order valence-electron chi connectivity index (χ4n) is 1.73. The number of nitrogens with zero attached hydrogens (tertiary/aromatic N) is 1. The van der Waals surface area contributed by atoms with Crippen LogP contribution in [0.5, 0.6) is 0 Å². The van der Waals surface area contributed by atoms with Crippen molar-refractivity contribution in [1.29, 1.82) is 0 Å². The van der Waals surface area contributed by atoms with Crippen LogP contribution in [-0.4, -0.2) is 23.0 Å². The van der Waals surface area contributed by atoms with Gasteiger partial charge in [0.05, 0.1) is 0 Å². The van der Waals surface area contributed by atoms with Gasteiger partial charge < -0.3 is 4.90 Å². The minimum atomic E-state index is 0.990. The van der Waals surface area contributed by atoms with Crippen LogP contribution >= 0.6 is 12.2 Å². The summed E-state index contributed by atoms with van der Waals surface area (Å²) in [5, 5.41) is 0. The lowest BCUT2D eigenvalue weighted by Gasteiger charge is -2.24. The van der Waals surface area contributed by atoms with Crippen molar-refractivity contribution in [2.45, 2.75) is 33.6 Å². The van der Waals surface area contributed by atoms with Crippen molar-refractivity contribution >= 4 is 17.2 Å². The van der Waals surface area contributed by atoms with E-state index in [0.29, 0.717) is 0 Å². The van der Waals surface area contributed by atoms with Crippen molar-refractivity contribution in [1.82, 2.24) is 4.90 Å². The Labute approximate surface area is 104 Å². The van der Waals surface area contributed by atoms with Crippen LogP contribution in [0.1, 0.15) is 37.8 Å². The van der Waals surface area contributed by atoms with Gasteiger partial charge in [0, 0.05) is 18.7 Å². The number of rotatable bonds is 5. The highest BCUT2D eigenvalue weighted by atomic mass is 32.1. The molecule has 0 aromatic heterocycles. The lowest BCUT2D eigenvalue weighted by Crippen LogP contribution is -2.31. The second-order valence-corrected chi connectivity index (χ2v) is 4.54. The highest BCUT2D eigenvalue weighted by Gasteiger charge is 2.09. The smallest absolute Gasteiger partial charge is 0.109 e. The molecule has 1 nitrogen and oxygen atoms in total. The molecule has 1 rings (SSSR count). The Balaban J connectivity index is 2.77. The quantitative estimate of drug-likeness (QED) is 0.714. The van der Waals surface area contributed by atoms with Crippen LogP contribution in [0, 0.1) is 6.92 Å². The first-order chi connectivity index (χ1) is 7.69. The van der Waals surface area contributed by atoms with Crippen LogP contribution in [0.15, 0.2) is 24.3 Å². The fraction of sp³-hybridized carbons (Fsp3) is 0.500. The number of aryl methyl sites for hydroxylation is 1. The molecule has 0 radical (unpaired) electrons. The molecule has 1 aromatic rings. The van der Waals surface area contributed by atoms with Crippen molar-refractivity contribution in [3.05, 3.63) is 35.4 Å². The summed E-state index contributed by atoms with van der Waals surface area (Å²) < 4.78 is 0. The molecule has 0 saturated carbocycles. The van der Waals surface area contributed by atoms with Gasteiger partial charge in [0.15, 0.2) is 0 Å². The molecule has 0 aliphatic carbocycles. The molecule has 0 heterocycles. The number of benzene rings is 1. The fourth-order valence-corrected chi connectivity index (χ4v) is 2.05. The monoisotopic (exact) mass is 235 g/mol. The van der Waals surface area contributed by atoms with Gasteiger partial charge in [-0.15, -0.1) is 0 Å². The van der Waals surface area contributed by atoms with Gasteiger partial charge in [0.2, 0.25) is 0 Å². The normalized spacial score (nSPS) is 10.2. The maximum atomic E-state index is 5.54. The lowest BCUT2D eigenvalue weighted by molar-refractivity contribution is 0.424. The molecule has 0 spiro atoms. The first kappa shape index (κ1) is 13.2. The lowest BCUT2D eigenvalue weighted by atomic mass is 10.1. The second kappa shape index (κ2) is 6.64. The van der Waals surface area contributed by atoms with Crippen LogP contribution in [0.4, 0.5) is 0 Å². The molecule has 0 amide bonds. The van der Waals surface area contributed by atoms with Crippen molar-refractivity contribution in [2.75, 3.05) is 13.1 Å². The molecule has 16 heavy (non-hydrogen) atoms. The Hall–Kier alpha value is -0.890. The predicted octanol–water partition coefficient (Wildman–Crippen LogP) is 3.79. The zero-order chi connectivity index (χ0) is 12.0. The van der Waals surface area contributed by atoms with Crippen molar-refractivity contribution in [3.8, 4) is 0 Å². The number of hydrogen-bond donors (Lipinski definition) is 0. The van der Waals surface area contributed by atoms with Crippen LogP contribution in [0.25, 0.3) is 0 Å². The minimum absolute atomic E-state index is 0.990. The molecule has 0 bridgehead atoms. The van der Waals surface area contributed by atoms with Crippen LogP contribution < -0.4 is 0 Å². The molecule has 0 N–H and O–H groups in total. The first-order valence-electron chi connectivity index (χ1n) is 6.05. The maximum Gasteiger partial charge on any atom is 0.109 e. The third kappa shape index (κ3) is 3.60. The summed E-state index contributed by atoms with van der Waals surface area (Å²) in [6, 6.07) is 8.49. The Morgan fingerprint density at radius 3 is 2.00 bits per heavy atom. The summed E-state index contributed by atoms with van der Waals surface area (Å²) in [5.41, 5.74) is 2.45. The Kier molecular flexibility index (Phi) is 5.47. The predicted molar refractivity (Wildman–Crippen MR) is 75.0 cm³/mol. The van der Waals surface area contributed by atoms with Gasteiger partial charge in [-0.3, -0.25) is 0 Å². The molecule has 0 atom stereocenters. The Morgan fingerprint density at radius 2 is 1.56 bits per heavy atom. The Morgan fingerprint density at radius 1 is 1.06 bits per heavy atom. The van der Waals surface area contributed by atoms with Crippen LogP contribution in [-0.2, 0) is 0 Å². The summed E-state index contributed by atoms with van der Waals surface area (Å²) in [6.07, 6.45) is 2.29. The molecule has 0 fully saturated rings. The molecule has 88 valence electrons. The molecule has 2 heteroatoms. The molecular formula is C14H21NS. The third-order valence-electron chi connectivity index (χ3n) is 2.57. The number of thiocarbonyl (C=S) groups is 1. The van der Waals surface area contributed by atoms with Crippen LogP contribution in [0.2, 0.25) is 0 Å². The van der Waals surface area contributed by atoms with Gasteiger partial charge in [0.1, 0.15) is 4.99 Å². The van der Waals surface area contributed by atoms with Crippen LogP contribution in [0.3, 0.4) is 0 Å². The van der Waals surface area contributed by atoms with Gasteiger partial charge in [-0.05, 0) is 19.8 Å². The zero-order valence-corrected chi connectivity index (χ0v) is 11.3. The topological polar surface area (TPSA) is 3.24 Å². The summed E-state index contributed by atoms with van der Waals surface area (Å²) >= 11 is 5.54. The van der Waals surface area contributed by atoms with E-state index in [1.165, 1.54) is 11.1 Å². The summed E-state index contributed by atoms with van der Waals surface area (Å²) in [5.74, 6) is 0. The SMILES string of the molecule is CCCN(CCC)C(=S)c1ccc(C)cc1. The number of hydrogen-bond acceptors (Lipinski definition) is 1. The van der Waals surface area contributed by atoms with Gasteiger partial charge in [-0.1, -0.05) is 55.9 Å². The molecule has 0 saturated heterocycles. The van der Waals surface area contributed by atoms with Crippen molar-refractivity contribution in [3.63, 3.8) is 0 Å². The van der Waals surface area contributed by atoms with Crippen molar-refractivity contribution < 1.29 is 0 Å². The van der Waals surface area contributed by atoms with E-state index in [2.05, 4.69) is 49.9 Å². The van der Waals surface area contributed by atoms with Gasteiger partial charge in [0.25, 0.3) is 0 Å². The minimum Gasteiger partial charge on any atom is -0.362 e. The standard InChI is InChI=1S/C14H21NS/c1-4-10-15(11-5-2)14(16)13-8-6-12(3)7-9-13/h6-9H,4-5,10-11H2,1-3H3. The highest BCUT2D eigenvalue weighted by Crippen LogP contribution is 2.09. The molecule has 0 aliphatic heterocycles. The van der Waals surface area contributed by atoms with E-state index in [1.807, 2.05) is 0 Å². The van der Waals surface area contributed by atoms with E-state index >= 15 is 0 Å². The molecule has 0 aliphatic rings. The van der Waals surface area contributed by atoms with E-state index < -0.39 is 0 Å². The molecule has 1 aromatic carbocycles. The van der Waals surface area contributed by atoms with E-state index in [1.54, 1.807) is 0 Å². The first-order valence-corrected chi connectivity index (χ1v) is 6.45. The molecular weight excluding hydrogens is 214 g/mol. The average Bonchev–Trinajstić information content (AvgIpc) is 2.29. The average molecular weight is 235 g/mol. The zero-order valence-electron chi connectivity index (χ0n) is 10.5. The molecule has 0 unspecified atom stereocenters. The maximum absolute atomic E-state index is 5.54. The second-order valence-electron chi connectivity index (χ2n) is 4.16. The largest absolute Gasteiger partial charge is 0.362 e. The summed E-state index contributed by atoms with van der Waals surface area (Å²) in [6.45, 7) is 8.60. The third-order valence-corrected chi connectivity index (χ3v) is 3.07. The van der Waals surface area contributed by atoms with E-state index in [4.69, 9.17) is 12.2 Å². The van der Waals surface area contributed by atoms with E-state index in [0.717, 1.165) is 30.9 Å². The highest BCUT2D eigenvalue weighted by molar-refractivity contribution is 7.80.